The van der Waals surface area contributed by atoms with Crippen LogP contribution in [-0.4, -0.2) is 14.1 Å². The molecule has 0 radical (unpaired) electrons. The van der Waals surface area contributed by atoms with Gasteiger partial charge in [0, 0.05) is 30.8 Å². The molecule has 0 aliphatic heterocycles. The van der Waals surface area contributed by atoms with E-state index in [1.54, 1.807) is 0 Å². The van der Waals surface area contributed by atoms with Crippen molar-refractivity contribution in [1.82, 2.24) is 0 Å². The van der Waals surface area contributed by atoms with Gasteiger partial charge in [0.2, 0.25) is 0 Å². The van der Waals surface area contributed by atoms with E-state index < -0.39 is 0 Å². The van der Waals surface area contributed by atoms with Crippen LogP contribution in [0, 0.1) is 0 Å². The zero-order valence-electron chi connectivity index (χ0n) is 11.3. The molecule has 0 saturated heterocycles. The molecule has 0 aromatic heterocycles. The molecule has 2 rings (SSSR count). The number of benzene rings is 2. The van der Waals surface area contributed by atoms with Crippen LogP contribution in [0.25, 0.3) is 0 Å². The van der Waals surface area contributed by atoms with Gasteiger partial charge < -0.3 is 10.2 Å². The van der Waals surface area contributed by atoms with E-state index in [4.69, 9.17) is 23.2 Å². The molecular weight excluding hydrogens is 359 g/mol. The van der Waals surface area contributed by atoms with Crippen molar-refractivity contribution in [3.05, 3.63) is 56.5 Å². The molecule has 0 saturated carbocycles. The van der Waals surface area contributed by atoms with Gasteiger partial charge in [-0.2, -0.15) is 0 Å². The lowest BCUT2D eigenvalue weighted by Crippen LogP contribution is -2.08. The molecule has 2 aromatic rings. The lowest BCUT2D eigenvalue weighted by Gasteiger charge is -2.14. The summed E-state index contributed by atoms with van der Waals surface area (Å²) in [5, 5.41) is 4.36. The van der Waals surface area contributed by atoms with Gasteiger partial charge in [0.15, 0.2) is 0 Å². The van der Waals surface area contributed by atoms with Crippen LogP contribution in [0.2, 0.25) is 10.0 Å². The van der Waals surface area contributed by atoms with Crippen LogP contribution in [0.1, 0.15) is 5.56 Å². The van der Waals surface area contributed by atoms with Gasteiger partial charge in [0.1, 0.15) is 0 Å². The first-order valence-corrected chi connectivity index (χ1v) is 7.67. The van der Waals surface area contributed by atoms with Crippen LogP contribution < -0.4 is 10.2 Å². The number of anilines is 2. The molecule has 2 aromatic carbocycles. The standard InChI is InChI=1S/C15H15BrCl2N2/c1-20(2)11-5-3-10(4-6-11)9-19-13-8-7-12(16)14(17)15(13)18/h3-8,19H,9H2,1-2H3. The Hall–Kier alpha value is -0.900. The maximum absolute atomic E-state index is 6.20. The van der Waals surface area contributed by atoms with E-state index in [1.165, 1.54) is 11.3 Å². The maximum atomic E-state index is 6.20. The molecule has 0 fully saturated rings. The van der Waals surface area contributed by atoms with Crippen molar-refractivity contribution in [2.24, 2.45) is 0 Å². The van der Waals surface area contributed by atoms with Gasteiger partial charge in [-0.05, 0) is 45.8 Å². The number of halogens is 3. The van der Waals surface area contributed by atoms with E-state index >= 15 is 0 Å². The highest BCUT2D eigenvalue weighted by Gasteiger charge is 2.08. The highest BCUT2D eigenvalue weighted by molar-refractivity contribution is 9.10. The summed E-state index contributed by atoms with van der Waals surface area (Å²) >= 11 is 15.6. The summed E-state index contributed by atoms with van der Waals surface area (Å²) in [5.74, 6) is 0. The normalized spacial score (nSPS) is 10.4. The van der Waals surface area contributed by atoms with Crippen LogP contribution >= 0.6 is 39.1 Å². The second-order valence-electron chi connectivity index (χ2n) is 4.64. The highest BCUT2D eigenvalue weighted by Crippen LogP contribution is 2.35. The second-order valence-corrected chi connectivity index (χ2v) is 6.25. The Bertz CT molecular complexity index is 598. The van der Waals surface area contributed by atoms with Gasteiger partial charge >= 0.3 is 0 Å². The van der Waals surface area contributed by atoms with E-state index in [9.17, 15) is 0 Å². The molecule has 0 heterocycles. The number of rotatable bonds is 4. The zero-order chi connectivity index (χ0) is 14.7. The Morgan fingerprint density at radius 1 is 1.00 bits per heavy atom. The average Bonchev–Trinajstić information content (AvgIpc) is 2.44. The molecule has 0 amide bonds. The maximum Gasteiger partial charge on any atom is 0.0835 e. The summed E-state index contributed by atoms with van der Waals surface area (Å²) in [5.41, 5.74) is 3.20. The van der Waals surface area contributed by atoms with Crippen molar-refractivity contribution < 1.29 is 0 Å². The minimum absolute atomic E-state index is 0.527. The predicted octanol–water partition coefficient (Wildman–Crippen LogP) is 5.43. The summed E-state index contributed by atoms with van der Waals surface area (Å²) in [4.78, 5) is 2.07. The van der Waals surface area contributed by atoms with Crippen LogP contribution in [0.15, 0.2) is 40.9 Å². The first kappa shape index (κ1) is 15.5. The van der Waals surface area contributed by atoms with Crippen molar-refractivity contribution in [3.8, 4) is 0 Å². The van der Waals surface area contributed by atoms with Crippen LogP contribution in [-0.2, 0) is 6.54 Å². The van der Waals surface area contributed by atoms with Crippen molar-refractivity contribution in [2.45, 2.75) is 6.54 Å². The van der Waals surface area contributed by atoms with Crippen LogP contribution in [0.5, 0.6) is 0 Å². The molecule has 5 heteroatoms. The van der Waals surface area contributed by atoms with E-state index in [2.05, 4.69) is 50.4 Å². The SMILES string of the molecule is CN(C)c1ccc(CNc2ccc(Br)c(Cl)c2Cl)cc1. The minimum Gasteiger partial charge on any atom is -0.380 e. The molecule has 0 aliphatic rings. The Morgan fingerprint density at radius 3 is 2.25 bits per heavy atom. The Labute approximate surface area is 137 Å². The number of hydrogen-bond donors (Lipinski definition) is 1. The summed E-state index contributed by atoms with van der Waals surface area (Å²) in [6.45, 7) is 0.700. The summed E-state index contributed by atoms with van der Waals surface area (Å²) in [6, 6.07) is 12.2. The molecule has 2 nitrogen and oxygen atoms in total. The quantitative estimate of drug-likeness (QED) is 0.718. The molecule has 0 spiro atoms. The van der Waals surface area contributed by atoms with E-state index in [0.29, 0.717) is 16.6 Å². The highest BCUT2D eigenvalue weighted by atomic mass is 79.9. The third-order valence-corrected chi connectivity index (χ3v) is 4.74. The molecule has 0 atom stereocenters. The zero-order valence-corrected chi connectivity index (χ0v) is 14.4. The van der Waals surface area contributed by atoms with Gasteiger partial charge in [-0.3, -0.25) is 0 Å². The monoisotopic (exact) mass is 372 g/mol. The lowest BCUT2D eigenvalue weighted by molar-refractivity contribution is 1.11. The van der Waals surface area contributed by atoms with Crippen molar-refractivity contribution in [1.29, 1.82) is 0 Å². The molecule has 0 unspecified atom stereocenters. The molecule has 106 valence electrons. The fourth-order valence-electron chi connectivity index (χ4n) is 1.77. The predicted molar refractivity (Wildman–Crippen MR) is 92.3 cm³/mol. The van der Waals surface area contributed by atoms with Gasteiger partial charge in [-0.25, -0.2) is 0 Å². The van der Waals surface area contributed by atoms with Gasteiger partial charge in [0.25, 0.3) is 0 Å². The van der Waals surface area contributed by atoms with Crippen LogP contribution in [0.3, 0.4) is 0 Å². The summed E-state index contributed by atoms with van der Waals surface area (Å²) < 4.78 is 0.796. The first-order valence-electron chi connectivity index (χ1n) is 6.12. The number of nitrogens with zero attached hydrogens (tertiary/aromatic N) is 1. The summed E-state index contributed by atoms with van der Waals surface area (Å²) in [6.07, 6.45) is 0. The van der Waals surface area contributed by atoms with Crippen molar-refractivity contribution in [3.63, 3.8) is 0 Å². The topological polar surface area (TPSA) is 15.3 Å². The minimum atomic E-state index is 0.527. The Balaban J connectivity index is 2.07. The smallest absolute Gasteiger partial charge is 0.0835 e. The largest absolute Gasteiger partial charge is 0.380 e. The summed E-state index contributed by atoms with van der Waals surface area (Å²) in [7, 11) is 4.05. The van der Waals surface area contributed by atoms with Crippen molar-refractivity contribution in [2.75, 3.05) is 24.3 Å². The van der Waals surface area contributed by atoms with Gasteiger partial charge in [-0.1, -0.05) is 35.3 Å². The van der Waals surface area contributed by atoms with E-state index in [0.717, 1.165) is 10.2 Å². The van der Waals surface area contributed by atoms with E-state index in [1.807, 2.05) is 26.2 Å². The lowest BCUT2D eigenvalue weighted by atomic mass is 10.2. The average molecular weight is 374 g/mol. The van der Waals surface area contributed by atoms with Crippen molar-refractivity contribution >= 4 is 50.5 Å². The Kier molecular flexibility index (Phi) is 5.19. The Morgan fingerprint density at radius 2 is 1.65 bits per heavy atom. The molecule has 0 aliphatic carbocycles. The fraction of sp³-hybridized carbons (Fsp3) is 0.200. The fourth-order valence-corrected chi connectivity index (χ4v) is 2.61. The molecule has 0 bridgehead atoms. The number of nitrogens with one attached hydrogen (secondary N) is 1. The molecule has 20 heavy (non-hydrogen) atoms. The first-order chi connectivity index (χ1) is 9.49. The van der Waals surface area contributed by atoms with Crippen LogP contribution in [0.4, 0.5) is 11.4 Å². The molecule has 1 N–H and O–H groups in total. The third-order valence-electron chi connectivity index (χ3n) is 2.97. The molecular formula is C15H15BrCl2N2. The van der Waals surface area contributed by atoms with Gasteiger partial charge in [-0.15, -0.1) is 0 Å². The second kappa shape index (κ2) is 6.70. The van der Waals surface area contributed by atoms with Gasteiger partial charge in [0.05, 0.1) is 15.7 Å². The third kappa shape index (κ3) is 3.60. The van der Waals surface area contributed by atoms with E-state index in [-0.39, 0.29) is 0 Å². The number of hydrogen-bond acceptors (Lipinski definition) is 2.